The maximum Gasteiger partial charge on any atom is 0.244 e. The number of aryl methyl sites for hydroxylation is 1. The number of hydrogen-bond donors (Lipinski definition) is 2. The van der Waals surface area contributed by atoms with Gasteiger partial charge in [-0.15, -0.1) is 0 Å². The Morgan fingerprint density at radius 1 is 1.29 bits per heavy atom. The van der Waals surface area contributed by atoms with Gasteiger partial charge in [0.2, 0.25) is 16.4 Å². The first-order chi connectivity index (χ1) is 14.5. The SMILES string of the molecule is Cc1cc(S(=O)(=O)N[C@@H]2COc3cc(F)c(Cl)cc3[C@@H]2O)cc(N2CC(C(F)F)C2)n1. The topological polar surface area (TPSA) is 91.8 Å². The molecular weight excluding hydrogens is 459 g/mol. The number of alkyl halides is 2. The fourth-order valence-corrected chi connectivity index (χ4v) is 5.04. The number of sulfonamides is 1. The van der Waals surface area contributed by atoms with Crippen LogP contribution in [-0.2, 0) is 10.0 Å². The van der Waals surface area contributed by atoms with Crippen molar-refractivity contribution in [1.82, 2.24) is 9.71 Å². The number of benzene rings is 1. The molecule has 0 aliphatic carbocycles. The fraction of sp³-hybridized carbons (Fsp3) is 0.421. The smallest absolute Gasteiger partial charge is 0.244 e. The van der Waals surface area contributed by atoms with Crippen LogP contribution in [0.2, 0.25) is 5.02 Å². The van der Waals surface area contributed by atoms with Crippen LogP contribution in [-0.4, -0.2) is 50.7 Å². The van der Waals surface area contributed by atoms with Crippen molar-refractivity contribution in [1.29, 1.82) is 0 Å². The molecule has 2 atom stereocenters. The summed E-state index contributed by atoms with van der Waals surface area (Å²) in [6, 6.07) is 3.81. The van der Waals surface area contributed by atoms with E-state index in [1.54, 1.807) is 11.8 Å². The molecule has 1 aromatic heterocycles. The van der Waals surface area contributed by atoms with Crippen molar-refractivity contribution in [2.45, 2.75) is 30.4 Å². The van der Waals surface area contributed by atoms with Gasteiger partial charge in [-0.25, -0.2) is 31.3 Å². The highest BCUT2D eigenvalue weighted by atomic mass is 35.5. The lowest BCUT2D eigenvalue weighted by atomic mass is 10.00. The average Bonchev–Trinajstić information content (AvgIpc) is 2.64. The monoisotopic (exact) mass is 477 g/mol. The highest BCUT2D eigenvalue weighted by Crippen LogP contribution is 2.36. The van der Waals surface area contributed by atoms with E-state index in [1.807, 2.05) is 0 Å². The maximum atomic E-state index is 13.6. The van der Waals surface area contributed by atoms with Crippen LogP contribution >= 0.6 is 11.6 Å². The molecule has 1 aromatic carbocycles. The molecule has 2 N–H and O–H groups in total. The first-order valence-corrected chi connectivity index (χ1v) is 11.2. The van der Waals surface area contributed by atoms with Gasteiger partial charge in [-0.2, -0.15) is 0 Å². The predicted molar refractivity (Wildman–Crippen MR) is 107 cm³/mol. The molecule has 4 rings (SSSR count). The number of halogens is 4. The predicted octanol–water partition coefficient (Wildman–Crippen LogP) is 2.66. The van der Waals surface area contributed by atoms with Gasteiger partial charge in [0.25, 0.3) is 0 Å². The second kappa shape index (κ2) is 8.12. The third-order valence-corrected chi connectivity index (χ3v) is 7.05. The summed E-state index contributed by atoms with van der Waals surface area (Å²) in [4.78, 5) is 5.69. The first kappa shape index (κ1) is 22.1. The summed E-state index contributed by atoms with van der Waals surface area (Å²) in [7, 11) is -4.12. The number of fused-ring (bicyclic) bond motifs is 1. The van der Waals surface area contributed by atoms with E-state index in [0.29, 0.717) is 5.69 Å². The van der Waals surface area contributed by atoms with Crippen molar-refractivity contribution >= 4 is 27.4 Å². The molecule has 1 saturated heterocycles. The molecule has 7 nitrogen and oxygen atoms in total. The Morgan fingerprint density at radius 2 is 2.00 bits per heavy atom. The Morgan fingerprint density at radius 3 is 2.68 bits per heavy atom. The third kappa shape index (κ3) is 4.32. The zero-order valence-corrected chi connectivity index (χ0v) is 17.8. The molecular formula is C19H19ClF3N3O4S. The normalized spacial score (nSPS) is 21.6. The van der Waals surface area contributed by atoms with Crippen LogP contribution in [0.15, 0.2) is 29.2 Å². The Hall–Kier alpha value is -2.08. The number of anilines is 1. The van der Waals surface area contributed by atoms with Crippen LogP contribution in [0.1, 0.15) is 17.4 Å². The van der Waals surface area contributed by atoms with Gasteiger partial charge in [-0.1, -0.05) is 11.6 Å². The van der Waals surface area contributed by atoms with E-state index < -0.39 is 40.3 Å². The number of aromatic nitrogens is 1. The van der Waals surface area contributed by atoms with Crippen molar-refractivity contribution in [3.8, 4) is 5.75 Å². The van der Waals surface area contributed by atoms with Gasteiger partial charge in [0.05, 0.1) is 21.9 Å². The van der Waals surface area contributed by atoms with Crippen LogP contribution in [0.5, 0.6) is 5.75 Å². The minimum Gasteiger partial charge on any atom is -0.491 e. The standard InChI is InChI=1S/C19H19ClF3N3O4S/c1-9-2-11(3-17(24-9)26-6-10(7-26)19(22)23)31(28,29)25-15-8-30-16-5-14(21)13(20)4-12(16)18(15)27/h2-5,10,15,18-19,25,27H,6-8H2,1H3/t15-,18+/m1/s1. The number of aliphatic hydroxyl groups is 1. The molecule has 3 heterocycles. The number of hydrogen-bond acceptors (Lipinski definition) is 6. The van der Waals surface area contributed by atoms with Gasteiger partial charge in [0, 0.05) is 36.5 Å². The van der Waals surface area contributed by atoms with Crippen LogP contribution in [0, 0.1) is 18.7 Å². The summed E-state index contributed by atoms with van der Waals surface area (Å²) in [6.45, 7) is 1.54. The molecule has 31 heavy (non-hydrogen) atoms. The Bertz CT molecular complexity index is 1110. The first-order valence-electron chi connectivity index (χ1n) is 9.39. The molecule has 12 heteroatoms. The van der Waals surface area contributed by atoms with Gasteiger partial charge < -0.3 is 14.7 Å². The van der Waals surface area contributed by atoms with Crippen molar-refractivity contribution in [3.63, 3.8) is 0 Å². The molecule has 1 fully saturated rings. The lowest BCUT2D eigenvalue weighted by Crippen LogP contribution is -2.50. The molecule has 0 saturated carbocycles. The van der Waals surface area contributed by atoms with E-state index in [1.165, 1.54) is 18.2 Å². The zero-order chi connectivity index (χ0) is 22.5. The van der Waals surface area contributed by atoms with Crippen molar-refractivity contribution in [2.24, 2.45) is 5.92 Å². The average molecular weight is 478 g/mol. The van der Waals surface area contributed by atoms with Crippen LogP contribution in [0.25, 0.3) is 0 Å². The summed E-state index contributed by atoms with van der Waals surface area (Å²) >= 11 is 5.76. The Labute approximate surface area is 181 Å². The summed E-state index contributed by atoms with van der Waals surface area (Å²) in [6.07, 6.45) is -3.76. The summed E-state index contributed by atoms with van der Waals surface area (Å²) in [5.74, 6) is -1.12. The second-order valence-electron chi connectivity index (χ2n) is 7.59. The van der Waals surface area contributed by atoms with Gasteiger partial charge >= 0.3 is 0 Å². The van der Waals surface area contributed by atoms with Gasteiger partial charge in [0.15, 0.2) is 0 Å². The molecule has 0 bridgehead atoms. The molecule has 0 unspecified atom stereocenters. The van der Waals surface area contributed by atoms with Crippen molar-refractivity contribution in [3.05, 3.63) is 46.4 Å². The lowest BCUT2D eigenvalue weighted by Gasteiger charge is -2.39. The number of pyridine rings is 1. The van der Waals surface area contributed by atoms with Crippen LogP contribution in [0.4, 0.5) is 19.0 Å². The quantitative estimate of drug-likeness (QED) is 0.688. The second-order valence-corrected chi connectivity index (χ2v) is 9.71. The number of nitrogens with one attached hydrogen (secondary N) is 1. The minimum atomic E-state index is -4.12. The van der Waals surface area contributed by atoms with Crippen LogP contribution < -0.4 is 14.4 Å². The number of rotatable bonds is 5. The molecule has 2 aliphatic heterocycles. The fourth-order valence-electron chi connectivity index (χ4n) is 3.55. The highest BCUT2D eigenvalue weighted by Gasteiger charge is 2.36. The van der Waals surface area contributed by atoms with Gasteiger partial charge in [-0.05, 0) is 19.1 Å². The third-order valence-electron chi connectivity index (χ3n) is 5.29. The molecule has 2 aliphatic rings. The number of ether oxygens (including phenoxy) is 1. The summed E-state index contributed by atoms with van der Waals surface area (Å²) in [5.41, 5.74) is 0.557. The Balaban J connectivity index is 1.55. The van der Waals surface area contributed by atoms with E-state index >= 15 is 0 Å². The molecule has 168 valence electrons. The van der Waals surface area contributed by atoms with E-state index in [4.69, 9.17) is 16.3 Å². The molecule has 0 radical (unpaired) electrons. The van der Waals surface area contributed by atoms with Crippen molar-refractivity contribution in [2.75, 3.05) is 24.6 Å². The van der Waals surface area contributed by atoms with E-state index in [0.717, 1.165) is 6.07 Å². The molecule has 0 spiro atoms. The molecule has 2 aromatic rings. The van der Waals surface area contributed by atoms with E-state index in [9.17, 15) is 26.7 Å². The molecule has 0 amide bonds. The summed E-state index contributed by atoms with van der Waals surface area (Å²) < 4.78 is 72.8. The Kier molecular flexibility index (Phi) is 5.80. The largest absolute Gasteiger partial charge is 0.491 e. The number of nitrogens with zero attached hydrogens (tertiary/aromatic N) is 2. The maximum absolute atomic E-state index is 13.6. The van der Waals surface area contributed by atoms with Crippen LogP contribution in [0.3, 0.4) is 0 Å². The number of aliphatic hydroxyl groups excluding tert-OH is 1. The minimum absolute atomic E-state index is 0.0817. The zero-order valence-electron chi connectivity index (χ0n) is 16.2. The highest BCUT2D eigenvalue weighted by molar-refractivity contribution is 7.89. The van der Waals surface area contributed by atoms with Crippen molar-refractivity contribution < 1.29 is 31.4 Å². The van der Waals surface area contributed by atoms with E-state index in [-0.39, 0.29) is 46.7 Å². The van der Waals surface area contributed by atoms with Gasteiger partial charge in [0.1, 0.15) is 30.1 Å². The van der Waals surface area contributed by atoms with Gasteiger partial charge in [-0.3, -0.25) is 0 Å². The van der Waals surface area contributed by atoms with E-state index in [2.05, 4.69) is 9.71 Å². The summed E-state index contributed by atoms with van der Waals surface area (Å²) in [5, 5.41) is 10.4. The lowest BCUT2D eigenvalue weighted by molar-refractivity contribution is 0.0611.